The van der Waals surface area contributed by atoms with Gasteiger partial charge < -0.3 is 4.74 Å². The molecule has 0 atom stereocenters. The van der Waals surface area contributed by atoms with E-state index < -0.39 is 28.1 Å². The summed E-state index contributed by atoms with van der Waals surface area (Å²) in [7, 11) is 0. The maximum atomic E-state index is 12.7. The molecule has 1 aromatic rings. The van der Waals surface area contributed by atoms with Gasteiger partial charge in [0.05, 0.1) is 10.7 Å². The van der Waals surface area contributed by atoms with Crippen LogP contribution in [-0.4, -0.2) is 11.3 Å². The summed E-state index contributed by atoms with van der Waals surface area (Å²) in [6.45, 7) is 0. The van der Waals surface area contributed by atoms with Crippen molar-refractivity contribution >= 4 is 15.9 Å². The summed E-state index contributed by atoms with van der Waals surface area (Å²) in [5.74, 6) is -1.93. The van der Waals surface area contributed by atoms with E-state index in [1.165, 1.54) is 6.07 Å². The van der Waals surface area contributed by atoms with Crippen LogP contribution in [0.15, 0.2) is 10.7 Å². The van der Waals surface area contributed by atoms with Crippen LogP contribution in [0.5, 0.6) is 5.75 Å². The van der Waals surface area contributed by atoms with E-state index in [1.807, 2.05) is 0 Å². The standard InChI is InChI=1S/C7HBrF4N2O/c8-5-3(1-13)4(2-14-6(5)9)15-7(10,11)12/h2H. The normalized spacial score (nSPS) is 10.9. The van der Waals surface area contributed by atoms with Gasteiger partial charge in [-0.05, 0) is 15.9 Å². The fourth-order valence-corrected chi connectivity index (χ4v) is 1.14. The maximum Gasteiger partial charge on any atom is 0.573 e. The minimum atomic E-state index is -4.95. The SMILES string of the molecule is N#Cc1c(OC(F)(F)F)cnc(F)c1Br. The van der Waals surface area contributed by atoms with E-state index in [-0.39, 0.29) is 0 Å². The second-order valence-corrected chi connectivity index (χ2v) is 3.05. The van der Waals surface area contributed by atoms with E-state index in [2.05, 4.69) is 25.7 Å². The summed E-state index contributed by atoms with van der Waals surface area (Å²) in [6.07, 6.45) is -4.46. The zero-order chi connectivity index (χ0) is 11.6. The first-order valence-corrected chi connectivity index (χ1v) is 4.14. The molecule has 0 spiro atoms. The molecule has 15 heavy (non-hydrogen) atoms. The van der Waals surface area contributed by atoms with Crippen molar-refractivity contribution < 1.29 is 22.3 Å². The van der Waals surface area contributed by atoms with Crippen LogP contribution in [0, 0.1) is 17.3 Å². The molecule has 0 N–H and O–H groups in total. The van der Waals surface area contributed by atoms with Crippen molar-refractivity contribution in [3.05, 3.63) is 22.2 Å². The maximum absolute atomic E-state index is 12.7. The van der Waals surface area contributed by atoms with E-state index in [1.54, 1.807) is 0 Å². The molecule has 80 valence electrons. The monoisotopic (exact) mass is 284 g/mol. The largest absolute Gasteiger partial charge is 0.573 e. The second kappa shape index (κ2) is 4.02. The predicted octanol–water partition coefficient (Wildman–Crippen LogP) is 2.75. The average Bonchev–Trinajstić information content (AvgIpc) is 2.10. The molecule has 0 saturated carbocycles. The minimum Gasteiger partial charge on any atom is -0.403 e. The van der Waals surface area contributed by atoms with Crippen LogP contribution in [0.4, 0.5) is 17.6 Å². The Morgan fingerprint density at radius 2 is 2.07 bits per heavy atom. The van der Waals surface area contributed by atoms with Crippen molar-refractivity contribution in [1.82, 2.24) is 4.98 Å². The fourth-order valence-electron chi connectivity index (χ4n) is 0.754. The number of nitrogens with zero attached hydrogens (tertiary/aromatic N) is 2. The summed E-state index contributed by atoms with van der Waals surface area (Å²) in [5.41, 5.74) is -0.597. The molecule has 0 radical (unpaired) electrons. The molecule has 1 rings (SSSR count). The number of hydrogen-bond donors (Lipinski definition) is 0. The van der Waals surface area contributed by atoms with Crippen LogP contribution in [0.2, 0.25) is 0 Å². The Hall–Kier alpha value is -1.36. The van der Waals surface area contributed by atoms with E-state index in [0.717, 1.165) is 0 Å². The molecule has 3 nitrogen and oxygen atoms in total. The predicted molar refractivity (Wildman–Crippen MR) is 43.3 cm³/mol. The molecular weight excluding hydrogens is 284 g/mol. The number of pyridine rings is 1. The lowest BCUT2D eigenvalue weighted by Gasteiger charge is -2.10. The summed E-state index contributed by atoms with van der Waals surface area (Å²) in [6, 6.07) is 1.38. The Labute approximate surface area is 89.4 Å². The molecule has 0 aromatic carbocycles. The van der Waals surface area contributed by atoms with Crippen molar-refractivity contribution in [1.29, 1.82) is 5.26 Å². The Morgan fingerprint density at radius 1 is 1.47 bits per heavy atom. The number of aromatic nitrogens is 1. The number of halogens is 5. The Bertz CT molecular complexity index is 426. The Kier molecular flexibility index (Phi) is 3.14. The lowest BCUT2D eigenvalue weighted by molar-refractivity contribution is -0.274. The van der Waals surface area contributed by atoms with Gasteiger partial charge in [0.2, 0.25) is 5.95 Å². The van der Waals surface area contributed by atoms with Crippen LogP contribution in [0.25, 0.3) is 0 Å². The highest BCUT2D eigenvalue weighted by Crippen LogP contribution is 2.30. The number of rotatable bonds is 1. The van der Waals surface area contributed by atoms with E-state index in [0.29, 0.717) is 6.20 Å². The van der Waals surface area contributed by atoms with Gasteiger partial charge in [0, 0.05) is 0 Å². The quantitative estimate of drug-likeness (QED) is 0.588. The van der Waals surface area contributed by atoms with Crippen molar-refractivity contribution in [2.75, 3.05) is 0 Å². The fraction of sp³-hybridized carbons (Fsp3) is 0.143. The molecule has 0 fully saturated rings. The van der Waals surface area contributed by atoms with Gasteiger partial charge >= 0.3 is 6.36 Å². The van der Waals surface area contributed by atoms with Crippen LogP contribution in [-0.2, 0) is 0 Å². The molecule has 8 heteroatoms. The van der Waals surface area contributed by atoms with Crippen LogP contribution >= 0.6 is 15.9 Å². The van der Waals surface area contributed by atoms with Gasteiger partial charge in [-0.3, -0.25) is 0 Å². The number of nitriles is 1. The molecule has 0 amide bonds. The highest BCUT2D eigenvalue weighted by Gasteiger charge is 2.33. The highest BCUT2D eigenvalue weighted by molar-refractivity contribution is 9.10. The summed E-state index contributed by atoms with van der Waals surface area (Å²) in [5, 5.41) is 8.50. The first kappa shape index (κ1) is 11.7. The average molecular weight is 285 g/mol. The third-order valence-electron chi connectivity index (χ3n) is 1.28. The third kappa shape index (κ3) is 2.79. The van der Waals surface area contributed by atoms with E-state index in [9.17, 15) is 17.6 Å². The first-order valence-electron chi connectivity index (χ1n) is 3.35. The molecule has 0 bridgehead atoms. The lowest BCUT2D eigenvalue weighted by Crippen LogP contribution is -2.18. The molecular formula is C7HBrF4N2O. The van der Waals surface area contributed by atoms with Gasteiger partial charge in [0.15, 0.2) is 5.75 Å². The molecule has 0 unspecified atom stereocenters. The minimum absolute atomic E-state index is 0.466. The van der Waals surface area contributed by atoms with Gasteiger partial charge in [-0.25, -0.2) is 4.98 Å². The summed E-state index contributed by atoms with van der Waals surface area (Å²) >= 11 is 2.59. The summed E-state index contributed by atoms with van der Waals surface area (Å²) < 4.78 is 51.2. The lowest BCUT2D eigenvalue weighted by atomic mass is 10.3. The third-order valence-corrected chi connectivity index (χ3v) is 2.00. The van der Waals surface area contributed by atoms with E-state index >= 15 is 0 Å². The number of hydrogen-bond acceptors (Lipinski definition) is 3. The van der Waals surface area contributed by atoms with Gasteiger partial charge in [-0.2, -0.15) is 9.65 Å². The van der Waals surface area contributed by atoms with Crippen molar-refractivity contribution in [3.63, 3.8) is 0 Å². The number of ether oxygens (including phenoxy) is 1. The molecule has 0 aliphatic heterocycles. The highest BCUT2D eigenvalue weighted by atomic mass is 79.9. The van der Waals surface area contributed by atoms with Gasteiger partial charge in [0.1, 0.15) is 11.6 Å². The van der Waals surface area contributed by atoms with Crippen molar-refractivity contribution in [2.24, 2.45) is 0 Å². The van der Waals surface area contributed by atoms with Crippen LogP contribution in [0.1, 0.15) is 5.56 Å². The van der Waals surface area contributed by atoms with Gasteiger partial charge in [0.25, 0.3) is 0 Å². The molecule has 1 heterocycles. The summed E-state index contributed by atoms with van der Waals surface area (Å²) in [4.78, 5) is 2.98. The topological polar surface area (TPSA) is 45.9 Å². The molecule has 0 saturated heterocycles. The first-order chi connectivity index (χ1) is 6.85. The second-order valence-electron chi connectivity index (χ2n) is 2.26. The zero-order valence-electron chi connectivity index (χ0n) is 6.77. The number of alkyl halides is 3. The van der Waals surface area contributed by atoms with Crippen LogP contribution < -0.4 is 4.74 Å². The molecule has 0 aliphatic rings. The van der Waals surface area contributed by atoms with Crippen LogP contribution in [0.3, 0.4) is 0 Å². The Balaban J connectivity index is 3.21. The molecule has 1 aromatic heterocycles. The molecule has 0 aliphatic carbocycles. The Morgan fingerprint density at radius 3 is 2.53 bits per heavy atom. The van der Waals surface area contributed by atoms with Crippen molar-refractivity contribution in [2.45, 2.75) is 6.36 Å². The van der Waals surface area contributed by atoms with Gasteiger partial charge in [-0.1, -0.05) is 0 Å². The van der Waals surface area contributed by atoms with Gasteiger partial charge in [-0.15, -0.1) is 13.2 Å². The van der Waals surface area contributed by atoms with E-state index in [4.69, 9.17) is 5.26 Å². The zero-order valence-corrected chi connectivity index (χ0v) is 8.36. The van der Waals surface area contributed by atoms with Crippen molar-refractivity contribution in [3.8, 4) is 11.8 Å². The smallest absolute Gasteiger partial charge is 0.403 e.